The minimum atomic E-state index is -0.147. The van der Waals surface area contributed by atoms with Gasteiger partial charge in [-0.2, -0.15) is 0 Å². The van der Waals surface area contributed by atoms with Crippen LogP contribution in [0.15, 0.2) is 59.9 Å². The van der Waals surface area contributed by atoms with Gasteiger partial charge in [-0.1, -0.05) is 17.8 Å². The van der Waals surface area contributed by atoms with Gasteiger partial charge in [0.05, 0.1) is 19.0 Å². The standard InChI is InChI=1S/C22H21N3O4S/c1-27-17-6-4-16(5-7-17)18-13-24-22(25-18)30-11-10-23-21(26)9-3-15-2-8-19-20(12-15)29-14-28-19/h2-9,12-13H,10-11,14H2,1H3,(H,23,26)(H,24,25). The van der Waals surface area contributed by atoms with Crippen LogP contribution in [0, 0.1) is 0 Å². The number of nitrogens with one attached hydrogen (secondary N) is 2. The van der Waals surface area contributed by atoms with E-state index in [4.69, 9.17) is 14.2 Å². The number of carbonyl (C=O) groups is 1. The Kier molecular flexibility index (Phi) is 6.24. The second-order valence-corrected chi connectivity index (χ2v) is 7.50. The van der Waals surface area contributed by atoms with Crippen LogP contribution >= 0.6 is 11.8 Å². The molecule has 7 nitrogen and oxygen atoms in total. The number of rotatable bonds is 8. The molecule has 8 heteroatoms. The van der Waals surface area contributed by atoms with E-state index < -0.39 is 0 Å². The number of thioether (sulfide) groups is 1. The smallest absolute Gasteiger partial charge is 0.244 e. The molecular weight excluding hydrogens is 402 g/mol. The summed E-state index contributed by atoms with van der Waals surface area (Å²) >= 11 is 1.55. The first-order valence-corrected chi connectivity index (χ1v) is 10.4. The molecule has 30 heavy (non-hydrogen) atoms. The van der Waals surface area contributed by atoms with Gasteiger partial charge < -0.3 is 24.5 Å². The zero-order valence-corrected chi connectivity index (χ0v) is 17.2. The number of H-pyrrole nitrogens is 1. The number of carbonyl (C=O) groups excluding carboxylic acids is 1. The number of imidazole rings is 1. The third-order valence-electron chi connectivity index (χ3n) is 4.42. The third kappa shape index (κ3) is 4.96. The molecule has 0 fully saturated rings. The molecule has 0 aliphatic carbocycles. The molecule has 0 radical (unpaired) electrons. The molecule has 0 saturated heterocycles. The van der Waals surface area contributed by atoms with Crippen LogP contribution in [0.3, 0.4) is 0 Å². The molecule has 2 aromatic carbocycles. The summed E-state index contributed by atoms with van der Waals surface area (Å²) in [6.45, 7) is 0.769. The van der Waals surface area contributed by atoms with Crippen molar-refractivity contribution in [2.24, 2.45) is 0 Å². The highest BCUT2D eigenvalue weighted by Gasteiger charge is 2.12. The van der Waals surface area contributed by atoms with Crippen LogP contribution < -0.4 is 19.5 Å². The predicted molar refractivity (Wildman–Crippen MR) is 116 cm³/mol. The number of benzene rings is 2. The second kappa shape index (κ2) is 9.41. The number of amides is 1. The van der Waals surface area contributed by atoms with Crippen molar-refractivity contribution in [2.75, 3.05) is 26.2 Å². The van der Waals surface area contributed by atoms with Crippen LogP contribution in [-0.2, 0) is 4.79 Å². The van der Waals surface area contributed by atoms with E-state index in [9.17, 15) is 4.79 Å². The lowest BCUT2D eigenvalue weighted by Gasteiger charge is -2.02. The summed E-state index contributed by atoms with van der Waals surface area (Å²) in [4.78, 5) is 19.7. The Hall–Kier alpha value is -3.39. The quantitative estimate of drug-likeness (QED) is 0.326. The minimum absolute atomic E-state index is 0.147. The van der Waals surface area contributed by atoms with Crippen LogP contribution in [0.5, 0.6) is 17.2 Å². The van der Waals surface area contributed by atoms with E-state index in [-0.39, 0.29) is 12.7 Å². The van der Waals surface area contributed by atoms with Crippen molar-refractivity contribution in [3.63, 3.8) is 0 Å². The van der Waals surface area contributed by atoms with Crippen molar-refractivity contribution in [3.8, 4) is 28.5 Å². The summed E-state index contributed by atoms with van der Waals surface area (Å²) in [6, 6.07) is 13.3. The maximum absolute atomic E-state index is 12.0. The van der Waals surface area contributed by atoms with Crippen molar-refractivity contribution >= 4 is 23.7 Å². The highest BCUT2D eigenvalue weighted by molar-refractivity contribution is 7.99. The second-order valence-electron chi connectivity index (χ2n) is 6.42. The van der Waals surface area contributed by atoms with Gasteiger partial charge in [0.1, 0.15) is 5.75 Å². The van der Waals surface area contributed by atoms with Crippen molar-refractivity contribution in [3.05, 3.63) is 60.3 Å². The third-order valence-corrected chi connectivity index (χ3v) is 5.31. The number of nitrogens with zero attached hydrogens (tertiary/aromatic N) is 1. The topological polar surface area (TPSA) is 85.5 Å². The molecule has 1 amide bonds. The minimum Gasteiger partial charge on any atom is -0.497 e. The van der Waals surface area contributed by atoms with Crippen molar-refractivity contribution in [1.82, 2.24) is 15.3 Å². The summed E-state index contributed by atoms with van der Waals surface area (Å²) < 4.78 is 15.8. The normalized spacial score (nSPS) is 12.3. The van der Waals surface area contributed by atoms with Crippen LogP contribution in [0.25, 0.3) is 17.3 Å². The van der Waals surface area contributed by atoms with Crippen LogP contribution in [-0.4, -0.2) is 42.1 Å². The zero-order chi connectivity index (χ0) is 20.8. The van der Waals surface area contributed by atoms with E-state index in [0.717, 1.165) is 33.5 Å². The van der Waals surface area contributed by atoms with Gasteiger partial charge >= 0.3 is 0 Å². The summed E-state index contributed by atoms with van der Waals surface area (Å²) in [7, 11) is 1.64. The lowest BCUT2D eigenvalue weighted by Crippen LogP contribution is -2.23. The van der Waals surface area contributed by atoms with Gasteiger partial charge in [0.2, 0.25) is 12.7 Å². The van der Waals surface area contributed by atoms with Crippen molar-refractivity contribution in [1.29, 1.82) is 0 Å². The number of aromatic amines is 1. The number of methoxy groups -OCH3 is 1. The summed E-state index contributed by atoms with van der Waals surface area (Å²) in [5.74, 6) is 2.80. The van der Waals surface area contributed by atoms with Gasteiger partial charge in [-0.05, 0) is 53.6 Å². The van der Waals surface area contributed by atoms with Crippen LogP contribution in [0.1, 0.15) is 5.56 Å². The molecule has 1 aliphatic heterocycles. The molecule has 4 rings (SSSR count). The fourth-order valence-electron chi connectivity index (χ4n) is 2.86. The Labute approximate surface area is 178 Å². The predicted octanol–water partition coefficient (Wildman–Crippen LogP) is 3.74. The first-order chi connectivity index (χ1) is 14.7. The van der Waals surface area contributed by atoms with Gasteiger partial charge in [0.25, 0.3) is 0 Å². The van der Waals surface area contributed by atoms with Gasteiger partial charge in [-0.15, -0.1) is 0 Å². The highest BCUT2D eigenvalue weighted by Crippen LogP contribution is 2.32. The molecule has 3 aromatic rings. The number of hydrogen-bond acceptors (Lipinski definition) is 6. The Morgan fingerprint density at radius 1 is 1.23 bits per heavy atom. The summed E-state index contributed by atoms with van der Waals surface area (Å²) in [6.07, 6.45) is 5.06. The maximum atomic E-state index is 12.0. The summed E-state index contributed by atoms with van der Waals surface area (Å²) in [5.41, 5.74) is 2.86. The number of hydrogen-bond donors (Lipinski definition) is 2. The Bertz CT molecular complexity index is 1050. The molecule has 0 bridgehead atoms. The number of ether oxygens (including phenoxy) is 3. The van der Waals surface area contributed by atoms with Crippen molar-refractivity contribution in [2.45, 2.75) is 5.16 Å². The Morgan fingerprint density at radius 3 is 2.90 bits per heavy atom. The van der Waals surface area contributed by atoms with Crippen molar-refractivity contribution < 1.29 is 19.0 Å². The lowest BCUT2D eigenvalue weighted by atomic mass is 10.2. The zero-order valence-electron chi connectivity index (χ0n) is 16.4. The Balaban J connectivity index is 1.21. The average Bonchev–Trinajstić information content (AvgIpc) is 3.44. The molecule has 0 spiro atoms. The fourth-order valence-corrected chi connectivity index (χ4v) is 3.57. The Morgan fingerprint density at radius 2 is 2.07 bits per heavy atom. The average molecular weight is 423 g/mol. The molecule has 1 aromatic heterocycles. The number of fused-ring (bicyclic) bond motifs is 1. The molecule has 1 aliphatic rings. The van der Waals surface area contributed by atoms with E-state index in [1.807, 2.05) is 42.5 Å². The molecule has 0 saturated carbocycles. The van der Waals surface area contributed by atoms with E-state index in [0.29, 0.717) is 18.0 Å². The lowest BCUT2D eigenvalue weighted by molar-refractivity contribution is -0.116. The molecular formula is C22H21N3O4S. The molecule has 0 atom stereocenters. The van der Waals surface area contributed by atoms with E-state index in [2.05, 4.69) is 15.3 Å². The fraction of sp³-hybridized carbons (Fsp3) is 0.182. The van der Waals surface area contributed by atoms with Crippen LogP contribution in [0.2, 0.25) is 0 Å². The van der Waals surface area contributed by atoms with Gasteiger partial charge in [-0.3, -0.25) is 4.79 Å². The van der Waals surface area contributed by atoms with E-state index >= 15 is 0 Å². The largest absolute Gasteiger partial charge is 0.497 e. The molecule has 2 N–H and O–H groups in total. The van der Waals surface area contributed by atoms with E-state index in [1.54, 1.807) is 31.1 Å². The SMILES string of the molecule is COc1ccc(-c2cnc(SCCNC(=O)C=Cc3ccc4c(c3)OCO4)[nH]2)cc1. The first-order valence-electron chi connectivity index (χ1n) is 9.39. The molecule has 154 valence electrons. The molecule has 2 heterocycles. The summed E-state index contributed by atoms with van der Waals surface area (Å²) in [5, 5.41) is 3.68. The highest BCUT2D eigenvalue weighted by atomic mass is 32.2. The first kappa shape index (κ1) is 19.9. The van der Waals surface area contributed by atoms with Gasteiger partial charge in [0.15, 0.2) is 16.7 Å². The van der Waals surface area contributed by atoms with Gasteiger partial charge in [-0.25, -0.2) is 4.98 Å². The molecule has 0 unspecified atom stereocenters. The number of aromatic nitrogens is 2. The monoisotopic (exact) mass is 423 g/mol. The van der Waals surface area contributed by atoms with Crippen LogP contribution in [0.4, 0.5) is 0 Å². The maximum Gasteiger partial charge on any atom is 0.244 e. The van der Waals surface area contributed by atoms with Gasteiger partial charge in [0, 0.05) is 18.4 Å². The van der Waals surface area contributed by atoms with E-state index in [1.165, 1.54) is 6.08 Å².